The lowest BCUT2D eigenvalue weighted by Crippen LogP contribution is -2.51. The van der Waals surface area contributed by atoms with Crippen LogP contribution in [0.3, 0.4) is 0 Å². The molecule has 0 saturated heterocycles. The van der Waals surface area contributed by atoms with Crippen LogP contribution in [0.1, 0.15) is 15.9 Å². The first kappa shape index (κ1) is 21.1. The Morgan fingerprint density at radius 1 is 0.964 bits per heavy atom. The molecule has 1 N–H and O–H groups in total. The largest absolute Gasteiger partial charge is 0.467 e. The van der Waals surface area contributed by atoms with Gasteiger partial charge in [0.2, 0.25) is 6.04 Å². The number of carbonyl (C=O) groups excluding carboxylic acids is 3. The fourth-order valence-electron chi connectivity index (χ4n) is 2.78. The third-order valence-corrected chi connectivity index (χ3v) is 4.36. The Morgan fingerprint density at radius 3 is 1.96 bits per heavy atom. The summed E-state index contributed by atoms with van der Waals surface area (Å²) in [6.45, 7) is 0.548. The van der Waals surface area contributed by atoms with Crippen molar-refractivity contribution in [3.8, 4) is 11.1 Å². The van der Waals surface area contributed by atoms with Gasteiger partial charge in [-0.15, -0.1) is 0 Å². The Balaban J connectivity index is 2.20. The number of esters is 1. The molecule has 7 nitrogen and oxygen atoms in total. The van der Waals surface area contributed by atoms with E-state index in [-0.39, 0.29) is 0 Å². The quantitative estimate of drug-likeness (QED) is 0.582. The normalized spacial score (nSPS) is 11.4. The van der Waals surface area contributed by atoms with Gasteiger partial charge in [0.25, 0.3) is 11.8 Å². The zero-order valence-corrected chi connectivity index (χ0v) is 16.4. The van der Waals surface area contributed by atoms with Gasteiger partial charge in [0.05, 0.1) is 13.7 Å². The maximum absolute atomic E-state index is 12.7. The van der Waals surface area contributed by atoms with Gasteiger partial charge in [-0.2, -0.15) is 0 Å². The summed E-state index contributed by atoms with van der Waals surface area (Å²) in [4.78, 5) is 37.7. The van der Waals surface area contributed by atoms with Gasteiger partial charge in [0.1, 0.15) is 0 Å². The number of methoxy groups -OCH3 is 2. The summed E-state index contributed by atoms with van der Waals surface area (Å²) in [5.41, 5.74) is 3.38. The molecule has 0 aromatic heterocycles. The number of rotatable bonds is 7. The van der Waals surface area contributed by atoms with Gasteiger partial charge in [-0.05, 0) is 28.8 Å². The molecule has 0 fully saturated rings. The van der Waals surface area contributed by atoms with Crippen LogP contribution in [0.4, 0.5) is 0 Å². The van der Waals surface area contributed by atoms with Crippen LogP contribution in [0, 0.1) is 0 Å². The van der Waals surface area contributed by atoms with Crippen molar-refractivity contribution in [3.05, 3.63) is 59.7 Å². The topological polar surface area (TPSA) is 84.9 Å². The summed E-state index contributed by atoms with van der Waals surface area (Å²) >= 11 is 0. The molecule has 7 heteroatoms. The highest BCUT2D eigenvalue weighted by Gasteiger charge is 2.34. The van der Waals surface area contributed by atoms with Crippen LogP contribution in [-0.2, 0) is 25.7 Å². The summed E-state index contributed by atoms with van der Waals surface area (Å²) in [6.07, 6.45) is 0. The molecule has 148 valence electrons. The minimum atomic E-state index is -1.35. The second-order valence-corrected chi connectivity index (χ2v) is 6.16. The first-order valence-corrected chi connectivity index (χ1v) is 8.67. The summed E-state index contributed by atoms with van der Waals surface area (Å²) in [5.74, 6) is -1.88. The highest BCUT2D eigenvalue weighted by Crippen LogP contribution is 2.21. The number of ether oxygens (including phenoxy) is 2. The van der Waals surface area contributed by atoms with E-state index in [0.717, 1.165) is 21.6 Å². The molecule has 0 spiro atoms. The van der Waals surface area contributed by atoms with Crippen molar-refractivity contribution in [2.45, 2.75) is 12.6 Å². The molecule has 0 aliphatic heterocycles. The first-order chi connectivity index (χ1) is 13.4. The van der Waals surface area contributed by atoms with E-state index in [0.29, 0.717) is 12.2 Å². The van der Waals surface area contributed by atoms with Crippen LogP contribution >= 0.6 is 0 Å². The third-order valence-electron chi connectivity index (χ3n) is 4.36. The van der Waals surface area contributed by atoms with Crippen molar-refractivity contribution < 1.29 is 23.9 Å². The Hall–Kier alpha value is -3.19. The second kappa shape index (κ2) is 9.66. The lowest BCUT2D eigenvalue weighted by atomic mass is 10.0. The monoisotopic (exact) mass is 384 g/mol. The summed E-state index contributed by atoms with van der Waals surface area (Å²) in [5, 5.41) is 2.37. The fraction of sp³-hybridized carbons (Fsp3) is 0.286. The first-order valence-electron chi connectivity index (χ1n) is 8.67. The van der Waals surface area contributed by atoms with E-state index in [2.05, 4.69) is 10.1 Å². The zero-order chi connectivity index (χ0) is 20.7. The van der Waals surface area contributed by atoms with Crippen molar-refractivity contribution in [2.75, 3.05) is 28.3 Å². The van der Waals surface area contributed by atoms with Gasteiger partial charge >= 0.3 is 5.97 Å². The van der Waals surface area contributed by atoms with Gasteiger partial charge in [0.15, 0.2) is 0 Å². The molecular weight excluding hydrogens is 360 g/mol. The van der Waals surface area contributed by atoms with Crippen LogP contribution in [0.15, 0.2) is 48.5 Å². The molecule has 0 bridgehead atoms. The minimum absolute atomic E-state index is 0.361. The highest BCUT2D eigenvalue weighted by molar-refractivity contribution is 6.07. The van der Waals surface area contributed by atoms with Gasteiger partial charge in [-0.3, -0.25) is 9.59 Å². The van der Waals surface area contributed by atoms with Crippen molar-refractivity contribution in [2.24, 2.45) is 0 Å². The lowest BCUT2D eigenvalue weighted by Gasteiger charge is -2.24. The van der Waals surface area contributed by atoms with Crippen LogP contribution in [0.2, 0.25) is 0 Å². The smallest absolute Gasteiger partial charge is 0.338 e. The van der Waals surface area contributed by atoms with Crippen LogP contribution in [0.25, 0.3) is 11.1 Å². The minimum Gasteiger partial charge on any atom is -0.467 e. The van der Waals surface area contributed by atoms with E-state index in [9.17, 15) is 14.4 Å². The van der Waals surface area contributed by atoms with Crippen molar-refractivity contribution in [1.29, 1.82) is 0 Å². The predicted octanol–water partition coefficient (Wildman–Crippen LogP) is 1.86. The molecule has 2 aromatic rings. The fourth-order valence-corrected chi connectivity index (χ4v) is 2.78. The number of nitrogens with one attached hydrogen (secondary N) is 1. The number of amides is 2. The van der Waals surface area contributed by atoms with Crippen LogP contribution in [-0.4, -0.2) is 57.0 Å². The number of hydrogen-bond donors (Lipinski definition) is 1. The van der Waals surface area contributed by atoms with Gasteiger partial charge in [-0.25, -0.2) is 4.79 Å². The average Bonchev–Trinajstić information content (AvgIpc) is 2.73. The molecular formula is C21H24N2O5. The highest BCUT2D eigenvalue weighted by atomic mass is 16.5. The Labute approximate surface area is 164 Å². The average molecular weight is 384 g/mol. The second-order valence-electron chi connectivity index (χ2n) is 6.16. The Morgan fingerprint density at radius 2 is 1.50 bits per heavy atom. The van der Waals surface area contributed by atoms with E-state index in [4.69, 9.17) is 4.74 Å². The maximum Gasteiger partial charge on any atom is 0.338 e. The van der Waals surface area contributed by atoms with Crippen LogP contribution in [0.5, 0.6) is 0 Å². The number of nitrogens with zero attached hydrogens (tertiary/aromatic N) is 1. The van der Waals surface area contributed by atoms with Gasteiger partial charge < -0.3 is 19.7 Å². The molecule has 1 atom stereocenters. The number of carbonyl (C=O) groups is 3. The number of benzene rings is 2. The van der Waals surface area contributed by atoms with Gasteiger partial charge in [-0.1, -0.05) is 36.4 Å². The maximum atomic E-state index is 12.7. The molecule has 0 saturated carbocycles. The van der Waals surface area contributed by atoms with Crippen LogP contribution < -0.4 is 5.32 Å². The standard InChI is InChI=1S/C21H24N2O5/c1-22-19(24)18(21(26)28-4)23(2)20(25)17-11-9-16(10-12-17)15-7-5-14(6-8-15)13-27-3/h5-12,18H,13H2,1-4H3,(H,22,24). The van der Waals surface area contributed by atoms with Crippen molar-refractivity contribution in [3.63, 3.8) is 0 Å². The Bertz CT molecular complexity index is 815. The summed E-state index contributed by atoms with van der Waals surface area (Å²) < 4.78 is 9.75. The Kier molecular flexibility index (Phi) is 7.28. The predicted molar refractivity (Wildman–Crippen MR) is 105 cm³/mol. The molecule has 0 radical (unpaired) electrons. The van der Waals surface area contributed by atoms with E-state index in [1.807, 2.05) is 36.4 Å². The molecule has 0 aliphatic carbocycles. The SMILES string of the molecule is CNC(=O)C(C(=O)OC)N(C)C(=O)c1ccc(-c2ccc(COC)cc2)cc1. The molecule has 0 heterocycles. The number of hydrogen-bond acceptors (Lipinski definition) is 5. The molecule has 2 rings (SSSR count). The molecule has 1 unspecified atom stereocenters. The van der Waals surface area contributed by atoms with Crippen molar-refractivity contribution in [1.82, 2.24) is 10.2 Å². The summed E-state index contributed by atoms with van der Waals surface area (Å²) in [7, 11) is 5.60. The van der Waals surface area contributed by atoms with E-state index >= 15 is 0 Å². The van der Waals surface area contributed by atoms with Crippen molar-refractivity contribution >= 4 is 17.8 Å². The molecule has 0 aliphatic rings. The zero-order valence-electron chi connectivity index (χ0n) is 16.4. The number of likely N-dealkylation sites (N-methyl/N-ethyl adjacent to an activating group) is 2. The van der Waals surface area contributed by atoms with Gasteiger partial charge in [0, 0.05) is 26.8 Å². The molecule has 28 heavy (non-hydrogen) atoms. The van der Waals surface area contributed by atoms with E-state index < -0.39 is 23.8 Å². The van der Waals surface area contributed by atoms with E-state index in [1.165, 1.54) is 21.2 Å². The molecule has 2 amide bonds. The van der Waals surface area contributed by atoms with E-state index in [1.54, 1.807) is 19.2 Å². The third kappa shape index (κ3) is 4.75. The lowest BCUT2D eigenvalue weighted by molar-refractivity contribution is -0.150. The summed E-state index contributed by atoms with van der Waals surface area (Å²) in [6, 6.07) is 13.5. The molecule has 2 aromatic carbocycles.